The zero-order chi connectivity index (χ0) is 15.6. The summed E-state index contributed by atoms with van der Waals surface area (Å²) in [5.41, 5.74) is 5.22. The van der Waals surface area contributed by atoms with E-state index < -0.39 is 0 Å². The van der Waals surface area contributed by atoms with Crippen molar-refractivity contribution in [3.8, 4) is 0 Å². The highest BCUT2D eigenvalue weighted by Gasteiger charge is 2.34. The minimum Gasteiger partial charge on any atom is -0.323 e. The van der Waals surface area contributed by atoms with E-state index in [0.29, 0.717) is 6.04 Å². The number of rotatable bonds is 2. The van der Waals surface area contributed by atoms with Gasteiger partial charge in [-0.05, 0) is 31.9 Å². The summed E-state index contributed by atoms with van der Waals surface area (Å²) >= 11 is 0. The second-order valence-corrected chi connectivity index (χ2v) is 6.91. The number of fused-ring (bicyclic) bond motifs is 1. The Morgan fingerprint density at radius 1 is 0.913 bits per heavy atom. The van der Waals surface area contributed by atoms with Crippen LogP contribution in [0.3, 0.4) is 0 Å². The van der Waals surface area contributed by atoms with Crippen molar-refractivity contribution in [2.24, 2.45) is 0 Å². The highest BCUT2D eigenvalue weighted by Crippen LogP contribution is 2.32. The van der Waals surface area contributed by atoms with E-state index in [1.54, 1.807) is 0 Å². The monoisotopic (exact) mass is 305 g/mol. The Labute approximate surface area is 138 Å². The topological polar surface area (TPSA) is 15.0 Å². The highest BCUT2D eigenvalue weighted by molar-refractivity contribution is 5.86. The van der Waals surface area contributed by atoms with E-state index in [0.717, 1.165) is 0 Å². The Hall–Kier alpha value is -2.09. The van der Waals surface area contributed by atoms with Crippen LogP contribution in [0.4, 0.5) is 5.69 Å². The van der Waals surface area contributed by atoms with Crippen LogP contribution in [-0.2, 0) is 0 Å². The second kappa shape index (κ2) is 6.19. The fourth-order valence-electron chi connectivity index (χ4n) is 3.90. The molecular weight excluding hydrogens is 280 g/mol. The Morgan fingerprint density at radius 2 is 1.65 bits per heavy atom. The van der Waals surface area contributed by atoms with E-state index in [2.05, 4.69) is 71.6 Å². The molecule has 118 valence electrons. The molecule has 1 unspecified atom stereocenters. The zero-order valence-corrected chi connectivity index (χ0v) is 13.8. The number of anilines is 1. The van der Waals surface area contributed by atoms with Crippen molar-refractivity contribution in [1.82, 2.24) is 0 Å². The molecule has 1 atom stereocenters. The standard InChI is InChI=1S/C21H24N2/c1-16-11-13-17(14-12-16)21-22-20-10-6-5-7-18(20)15-23(21)19-8-3-2-4-9-19/h5-7,10-15,19,21H,2-4,8-9H2,1H3/p+1. The van der Waals surface area contributed by atoms with Gasteiger partial charge in [0.2, 0.25) is 0 Å². The van der Waals surface area contributed by atoms with E-state index >= 15 is 0 Å². The summed E-state index contributed by atoms with van der Waals surface area (Å²) in [4.78, 5) is 0. The molecule has 2 heteroatoms. The third kappa shape index (κ3) is 2.90. The lowest BCUT2D eigenvalue weighted by Crippen LogP contribution is -2.39. The number of nitrogens with one attached hydrogen (secondary N) is 1. The van der Waals surface area contributed by atoms with Gasteiger partial charge >= 0.3 is 0 Å². The highest BCUT2D eigenvalue weighted by atomic mass is 15.2. The molecule has 2 aromatic carbocycles. The summed E-state index contributed by atoms with van der Waals surface area (Å²) in [5, 5.41) is 3.77. The van der Waals surface area contributed by atoms with Gasteiger partial charge in [-0.3, -0.25) is 0 Å². The predicted octanol–water partition coefficient (Wildman–Crippen LogP) is 4.88. The molecule has 0 bridgehead atoms. The third-order valence-electron chi connectivity index (χ3n) is 5.23. The van der Waals surface area contributed by atoms with Crippen LogP contribution < -0.4 is 5.32 Å². The first-order valence-corrected chi connectivity index (χ1v) is 8.86. The van der Waals surface area contributed by atoms with E-state index in [1.807, 2.05) is 0 Å². The van der Waals surface area contributed by atoms with E-state index in [4.69, 9.17) is 0 Å². The first-order chi connectivity index (χ1) is 11.3. The average molecular weight is 305 g/mol. The lowest BCUT2D eigenvalue weighted by molar-refractivity contribution is -0.601. The number of para-hydroxylation sites is 1. The summed E-state index contributed by atoms with van der Waals surface area (Å²) in [7, 11) is 0. The molecule has 2 nitrogen and oxygen atoms in total. The van der Waals surface area contributed by atoms with Gasteiger partial charge in [0.05, 0.1) is 11.3 Å². The summed E-state index contributed by atoms with van der Waals surface area (Å²) in [6.07, 6.45) is 9.35. The molecular formula is C21H25N2+. The number of benzene rings is 2. The van der Waals surface area contributed by atoms with Crippen molar-refractivity contribution in [2.45, 2.75) is 51.2 Å². The van der Waals surface area contributed by atoms with Gasteiger partial charge in [0.25, 0.3) is 6.17 Å². The lowest BCUT2D eigenvalue weighted by atomic mass is 9.93. The van der Waals surface area contributed by atoms with Crippen LogP contribution in [0.5, 0.6) is 0 Å². The van der Waals surface area contributed by atoms with Crippen LogP contribution in [0.2, 0.25) is 0 Å². The maximum absolute atomic E-state index is 3.77. The molecule has 2 aromatic rings. The van der Waals surface area contributed by atoms with Crippen molar-refractivity contribution < 1.29 is 4.58 Å². The van der Waals surface area contributed by atoms with Crippen molar-refractivity contribution in [2.75, 3.05) is 5.32 Å². The van der Waals surface area contributed by atoms with Gasteiger partial charge in [0.15, 0.2) is 12.3 Å². The minimum absolute atomic E-state index is 0.244. The quantitative estimate of drug-likeness (QED) is 0.781. The van der Waals surface area contributed by atoms with Crippen molar-refractivity contribution >= 4 is 11.9 Å². The molecule has 0 spiro atoms. The smallest absolute Gasteiger partial charge is 0.252 e. The molecule has 23 heavy (non-hydrogen) atoms. The van der Waals surface area contributed by atoms with Gasteiger partial charge in [-0.1, -0.05) is 48.4 Å². The molecule has 1 saturated carbocycles. The SMILES string of the molecule is Cc1ccc(C2Nc3ccccc3C=[N+]2C2CCCCC2)cc1. The number of hydrogen-bond acceptors (Lipinski definition) is 1. The van der Waals surface area contributed by atoms with Gasteiger partial charge in [-0.25, -0.2) is 4.58 Å². The molecule has 4 rings (SSSR count). The summed E-state index contributed by atoms with van der Waals surface area (Å²) in [6.45, 7) is 2.15. The van der Waals surface area contributed by atoms with Crippen molar-refractivity contribution in [3.05, 3.63) is 65.2 Å². The van der Waals surface area contributed by atoms with Crippen molar-refractivity contribution in [3.63, 3.8) is 0 Å². The third-order valence-corrected chi connectivity index (χ3v) is 5.23. The first kappa shape index (κ1) is 14.5. The average Bonchev–Trinajstić information content (AvgIpc) is 2.62. The van der Waals surface area contributed by atoms with Gasteiger partial charge in [0.1, 0.15) is 0 Å². The van der Waals surface area contributed by atoms with E-state index in [-0.39, 0.29) is 6.17 Å². The van der Waals surface area contributed by atoms with Crippen LogP contribution in [0, 0.1) is 6.92 Å². The fraction of sp³-hybridized carbons (Fsp3) is 0.381. The summed E-state index contributed by atoms with van der Waals surface area (Å²) < 4.78 is 2.58. The molecule has 1 aliphatic carbocycles. The Morgan fingerprint density at radius 3 is 2.43 bits per heavy atom. The number of aryl methyl sites for hydroxylation is 1. The maximum Gasteiger partial charge on any atom is 0.252 e. The van der Waals surface area contributed by atoms with Crippen molar-refractivity contribution in [1.29, 1.82) is 0 Å². The molecule has 0 aromatic heterocycles. The van der Waals surface area contributed by atoms with Gasteiger partial charge < -0.3 is 5.32 Å². The molecule has 1 N–H and O–H groups in total. The summed E-state index contributed by atoms with van der Waals surface area (Å²) in [5.74, 6) is 0. The first-order valence-electron chi connectivity index (χ1n) is 8.86. The number of hydrogen-bond donors (Lipinski definition) is 1. The second-order valence-electron chi connectivity index (χ2n) is 6.91. The molecule has 1 heterocycles. The Bertz CT molecular complexity index is 709. The molecule has 0 saturated heterocycles. The zero-order valence-electron chi connectivity index (χ0n) is 13.8. The van der Waals surface area contributed by atoms with Crippen LogP contribution in [0.1, 0.15) is 55.0 Å². The van der Waals surface area contributed by atoms with Crippen LogP contribution in [0.25, 0.3) is 0 Å². The van der Waals surface area contributed by atoms with Crippen LogP contribution >= 0.6 is 0 Å². The van der Waals surface area contributed by atoms with Gasteiger partial charge in [-0.2, -0.15) is 0 Å². The van der Waals surface area contributed by atoms with Gasteiger partial charge in [0, 0.05) is 18.4 Å². The Kier molecular flexibility index (Phi) is 3.90. The molecule has 2 aliphatic rings. The van der Waals surface area contributed by atoms with Crippen LogP contribution in [-0.4, -0.2) is 16.8 Å². The summed E-state index contributed by atoms with van der Waals surface area (Å²) in [6, 6.07) is 18.3. The minimum atomic E-state index is 0.244. The van der Waals surface area contributed by atoms with Gasteiger partial charge in [-0.15, -0.1) is 0 Å². The lowest BCUT2D eigenvalue weighted by Gasteiger charge is -2.30. The normalized spacial score (nSPS) is 21.3. The van der Waals surface area contributed by atoms with E-state index in [9.17, 15) is 0 Å². The number of nitrogens with zero attached hydrogens (tertiary/aromatic N) is 1. The van der Waals surface area contributed by atoms with Crippen LogP contribution in [0.15, 0.2) is 48.5 Å². The molecule has 1 aliphatic heterocycles. The molecule has 0 radical (unpaired) electrons. The largest absolute Gasteiger partial charge is 0.323 e. The van der Waals surface area contributed by atoms with E-state index in [1.165, 1.54) is 54.5 Å². The molecule has 1 fully saturated rings. The maximum atomic E-state index is 3.77. The fourth-order valence-corrected chi connectivity index (χ4v) is 3.90. The Balaban J connectivity index is 1.75. The predicted molar refractivity (Wildman–Crippen MR) is 96.3 cm³/mol. The molecule has 0 amide bonds.